The lowest BCUT2D eigenvalue weighted by Crippen LogP contribution is -2.23. The van der Waals surface area contributed by atoms with E-state index in [1.54, 1.807) is 6.07 Å². The first-order valence-electron chi connectivity index (χ1n) is 4.18. The number of benzene rings is 1. The molecule has 2 nitrogen and oxygen atoms in total. The smallest absolute Gasteiger partial charge is 0.118 e. The molecule has 13 heavy (non-hydrogen) atoms. The van der Waals surface area contributed by atoms with Gasteiger partial charge >= 0.3 is 0 Å². The van der Waals surface area contributed by atoms with Gasteiger partial charge in [-0.15, -0.1) is 12.4 Å². The van der Waals surface area contributed by atoms with E-state index in [0.717, 1.165) is 12.0 Å². The number of halogens is 1. The second kappa shape index (κ2) is 5.84. The van der Waals surface area contributed by atoms with Crippen LogP contribution in [0.5, 0.6) is 5.75 Å². The average Bonchev–Trinajstić information content (AvgIpc) is 2.09. The molecule has 0 heterocycles. The summed E-state index contributed by atoms with van der Waals surface area (Å²) >= 11 is 0. The number of rotatable bonds is 3. The lowest BCUT2D eigenvalue weighted by molar-refractivity contribution is 0.462. The Bertz CT molecular complexity index is 252. The van der Waals surface area contributed by atoms with Crippen LogP contribution in [-0.2, 0) is 6.42 Å². The van der Waals surface area contributed by atoms with Crippen LogP contribution in [0, 0.1) is 0 Å². The minimum absolute atomic E-state index is 0. The maximum absolute atomic E-state index is 9.43. The number of para-hydroxylation sites is 1. The second-order valence-corrected chi connectivity index (χ2v) is 3.02. The van der Waals surface area contributed by atoms with Gasteiger partial charge in [-0.2, -0.15) is 0 Å². The van der Waals surface area contributed by atoms with Crippen LogP contribution in [-0.4, -0.2) is 18.2 Å². The molecule has 0 saturated heterocycles. The van der Waals surface area contributed by atoms with E-state index in [4.69, 9.17) is 0 Å². The van der Waals surface area contributed by atoms with Gasteiger partial charge in [0, 0.05) is 6.04 Å². The number of phenols is 1. The quantitative estimate of drug-likeness (QED) is 0.784. The predicted octanol–water partition coefficient (Wildman–Crippen LogP) is 1.96. The van der Waals surface area contributed by atoms with Crippen molar-refractivity contribution in [3.8, 4) is 5.75 Å². The normalized spacial score (nSPS) is 11.8. The highest BCUT2D eigenvalue weighted by Gasteiger charge is 2.03. The third-order valence-electron chi connectivity index (χ3n) is 2.01. The molecule has 0 saturated carbocycles. The van der Waals surface area contributed by atoms with Crippen LogP contribution in [0.15, 0.2) is 24.3 Å². The number of hydrogen-bond donors (Lipinski definition) is 2. The molecule has 74 valence electrons. The van der Waals surface area contributed by atoms with Gasteiger partial charge in [0.25, 0.3) is 0 Å². The van der Waals surface area contributed by atoms with Crippen LogP contribution >= 0.6 is 12.4 Å². The molecule has 1 unspecified atom stereocenters. The second-order valence-electron chi connectivity index (χ2n) is 3.02. The summed E-state index contributed by atoms with van der Waals surface area (Å²) in [5, 5.41) is 12.6. The Hall–Kier alpha value is -0.730. The fourth-order valence-corrected chi connectivity index (χ4v) is 1.12. The topological polar surface area (TPSA) is 32.3 Å². The van der Waals surface area contributed by atoms with Crippen LogP contribution in [0.2, 0.25) is 0 Å². The summed E-state index contributed by atoms with van der Waals surface area (Å²) in [4.78, 5) is 0. The van der Waals surface area contributed by atoms with Crippen molar-refractivity contribution in [2.75, 3.05) is 7.05 Å². The molecule has 1 aromatic carbocycles. The number of likely N-dealkylation sites (N-methyl/N-ethyl adjacent to an activating group) is 1. The lowest BCUT2D eigenvalue weighted by atomic mass is 10.1. The largest absolute Gasteiger partial charge is 0.508 e. The number of aromatic hydroxyl groups is 1. The summed E-state index contributed by atoms with van der Waals surface area (Å²) in [6, 6.07) is 7.85. The molecule has 0 amide bonds. The van der Waals surface area contributed by atoms with Gasteiger partial charge in [-0.05, 0) is 32.0 Å². The van der Waals surface area contributed by atoms with Crippen molar-refractivity contribution in [3.63, 3.8) is 0 Å². The Balaban J connectivity index is 0.00000144. The van der Waals surface area contributed by atoms with E-state index in [-0.39, 0.29) is 12.4 Å². The maximum atomic E-state index is 9.43. The zero-order valence-electron chi connectivity index (χ0n) is 7.95. The Morgan fingerprint density at radius 2 is 2.00 bits per heavy atom. The van der Waals surface area contributed by atoms with Crippen LogP contribution in [0.4, 0.5) is 0 Å². The molecule has 1 rings (SSSR count). The van der Waals surface area contributed by atoms with E-state index < -0.39 is 0 Å². The van der Waals surface area contributed by atoms with Gasteiger partial charge in [0.15, 0.2) is 0 Å². The van der Waals surface area contributed by atoms with E-state index >= 15 is 0 Å². The van der Waals surface area contributed by atoms with Gasteiger partial charge in [0.2, 0.25) is 0 Å². The van der Waals surface area contributed by atoms with Crippen molar-refractivity contribution < 1.29 is 5.11 Å². The Morgan fingerprint density at radius 1 is 1.38 bits per heavy atom. The first kappa shape index (κ1) is 12.3. The molecule has 0 fully saturated rings. The highest BCUT2D eigenvalue weighted by Crippen LogP contribution is 2.16. The molecule has 0 aromatic heterocycles. The summed E-state index contributed by atoms with van der Waals surface area (Å²) in [6.45, 7) is 2.09. The zero-order valence-corrected chi connectivity index (χ0v) is 8.77. The van der Waals surface area contributed by atoms with Gasteiger partial charge in [-0.3, -0.25) is 0 Å². The van der Waals surface area contributed by atoms with Gasteiger partial charge in [0.1, 0.15) is 5.75 Å². The monoisotopic (exact) mass is 201 g/mol. The first-order valence-corrected chi connectivity index (χ1v) is 4.18. The molecular weight excluding hydrogens is 186 g/mol. The van der Waals surface area contributed by atoms with Crippen LogP contribution in [0.25, 0.3) is 0 Å². The number of nitrogens with one attached hydrogen (secondary N) is 1. The van der Waals surface area contributed by atoms with Gasteiger partial charge in [-0.1, -0.05) is 18.2 Å². The van der Waals surface area contributed by atoms with Crippen molar-refractivity contribution in [1.29, 1.82) is 0 Å². The van der Waals surface area contributed by atoms with E-state index in [2.05, 4.69) is 12.2 Å². The van der Waals surface area contributed by atoms with E-state index in [1.165, 1.54) is 0 Å². The molecule has 0 radical (unpaired) electrons. The summed E-state index contributed by atoms with van der Waals surface area (Å²) in [6.07, 6.45) is 0.864. The molecule has 3 heteroatoms. The zero-order chi connectivity index (χ0) is 8.97. The van der Waals surface area contributed by atoms with E-state index in [0.29, 0.717) is 11.8 Å². The molecule has 0 aliphatic carbocycles. The first-order chi connectivity index (χ1) is 5.74. The third-order valence-corrected chi connectivity index (χ3v) is 2.01. The highest BCUT2D eigenvalue weighted by atomic mass is 35.5. The van der Waals surface area contributed by atoms with Crippen LogP contribution in [0.3, 0.4) is 0 Å². The van der Waals surface area contributed by atoms with Crippen molar-refractivity contribution >= 4 is 12.4 Å². The SMILES string of the molecule is CNC(C)Cc1ccccc1O.Cl. The molecule has 2 N–H and O–H groups in total. The molecule has 0 aliphatic heterocycles. The Kier molecular flexibility index (Phi) is 5.51. The fraction of sp³-hybridized carbons (Fsp3) is 0.400. The summed E-state index contributed by atoms with van der Waals surface area (Å²) in [5.41, 5.74) is 0.999. The Morgan fingerprint density at radius 3 is 2.54 bits per heavy atom. The third kappa shape index (κ3) is 3.66. The number of phenolic OH excluding ortho intramolecular Hbond substituents is 1. The highest BCUT2D eigenvalue weighted by molar-refractivity contribution is 5.85. The maximum Gasteiger partial charge on any atom is 0.118 e. The summed E-state index contributed by atoms with van der Waals surface area (Å²) in [5.74, 6) is 0.389. The summed E-state index contributed by atoms with van der Waals surface area (Å²) < 4.78 is 0. The van der Waals surface area contributed by atoms with E-state index in [1.807, 2.05) is 25.2 Å². The molecule has 0 aliphatic rings. The van der Waals surface area contributed by atoms with Crippen molar-refractivity contribution in [3.05, 3.63) is 29.8 Å². The van der Waals surface area contributed by atoms with Gasteiger partial charge in [0.05, 0.1) is 0 Å². The van der Waals surface area contributed by atoms with Crippen LogP contribution in [0.1, 0.15) is 12.5 Å². The minimum Gasteiger partial charge on any atom is -0.508 e. The molecule has 1 atom stereocenters. The Labute approximate surface area is 85.4 Å². The molecule has 1 aromatic rings. The molecular formula is C10H16ClNO. The van der Waals surface area contributed by atoms with E-state index in [9.17, 15) is 5.11 Å². The van der Waals surface area contributed by atoms with Gasteiger partial charge < -0.3 is 10.4 Å². The fourth-order valence-electron chi connectivity index (χ4n) is 1.12. The number of hydrogen-bond acceptors (Lipinski definition) is 2. The average molecular weight is 202 g/mol. The van der Waals surface area contributed by atoms with Gasteiger partial charge in [-0.25, -0.2) is 0 Å². The molecule has 0 bridgehead atoms. The minimum atomic E-state index is 0. The van der Waals surface area contributed by atoms with Crippen molar-refractivity contribution in [2.45, 2.75) is 19.4 Å². The lowest BCUT2D eigenvalue weighted by Gasteiger charge is -2.10. The standard InChI is InChI=1S/C10H15NO.ClH/c1-8(11-2)7-9-5-3-4-6-10(9)12;/h3-6,8,11-12H,7H2,1-2H3;1H. The van der Waals surface area contributed by atoms with Crippen molar-refractivity contribution in [1.82, 2.24) is 5.32 Å². The predicted molar refractivity (Wildman–Crippen MR) is 57.6 cm³/mol. The van der Waals surface area contributed by atoms with Crippen molar-refractivity contribution in [2.24, 2.45) is 0 Å². The van der Waals surface area contributed by atoms with Crippen LogP contribution < -0.4 is 5.32 Å². The summed E-state index contributed by atoms with van der Waals surface area (Å²) in [7, 11) is 1.92. The molecule has 0 spiro atoms.